The third kappa shape index (κ3) is 3.58. The second-order valence-corrected chi connectivity index (χ2v) is 3.98. The predicted octanol–water partition coefficient (Wildman–Crippen LogP) is 2.37. The predicted molar refractivity (Wildman–Crippen MR) is 66.6 cm³/mol. The van der Waals surface area contributed by atoms with Gasteiger partial charge in [-0.1, -0.05) is 6.07 Å². The number of methoxy groups -OCH3 is 2. The van der Waals surface area contributed by atoms with Gasteiger partial charge in [0.2, 0.25) is 0 Å². The quantitative estimate of drug-likeness (QED) is 0.716. The Morgan fingerprint density at radius 3 is 2.56 bits per heavy atom. The van der Waals surface area contributed by atoms with Crippen LogP contribution in [0.4, 0.5) is 0 Å². The minimum Gasteiger partial charge on any atom is -0.497 e. The maximum absolute atomic E-state index is 5.69. The molecule has 0 aromatic heterocycles. The fourth-order valence-corrected chi connectivity index (χ4v) is 1.79. The van der Waals surface area contributed by atoms with Crippen LogP contribution in [0.5, 0.6) is 11.5 Å². The average Bonchev–Trinajstić information content (AvgIpc) is 2.30. The fourth-order valence-electron chi connectivity index (χ4n) is 1.50. The molecule has 0 atom stereocenters. The summed E-state index contributed by atoms with van der Waals surface area (Å²) in [6.45, 7) is 1.68. The zero-order chi connectivity index (χ0) is 12.0. The van der Waals surface area contributed by atoms with E-state index in [-0.39, 0.29) is 0 Å². The molecule has 3 nitrogen and oxygen atoms in total. The monoisotopic (exact) mass is 243 g/mol. The molecule has 0 N–H and O–H groups in total. The number of rotatable bonds is 6. The molecular weight excluding hydrogens is 226 g/mol. The van der Waals surface area contributed by atoms with Gasteiger partial charge in [-0.15, -0.1) is 11.6 Å². The summed E-state index contributed by atoms with van der Waals surface area (Å²) < 4.78 is 10.5. The van der Waals surface area contributed by atoms with E-state index >= 15 is 0 Å². The Bertz CT molecular complexity index is 331. The highest BCUT2D eigenvalue weighted by molar-refractivity contribution is 6.18. The smallest absolute Gasteiger partial charge is 0.127 e. The number of nitrogens with zero attached hydrogens (tertiary/aromatic N) is 1. The Morgan fingerprint density at radius 1 is 1.25 bits per heavy atom. The molecule has 0 aliphatic carbocycles. The Balaban J connectivity index is 2.78. The second kappa shape index (κ2) is 6.61. The lowest BCUT2D eigenvalue weighted by Crippen LogP contribution is -2.20. The van der Waals surface area contributed by atoms with Crippen molar-refractivity contribution < 1.29 is 9.47 Å². The molecule has 0 amide bonds. The molecule has 0 aliphatic rings. The average molecular weight is 244 g/mol. The molecule has 0 spiro atoms. The molecule has 0 aliphatic heterocycles. The van der Waals surface area contributed by atoms with Gasteiger partial charge in [-0.05, 0) is 13.1 Å². The van der Waals surface area contributed by atoms with E-state index in [2.05, 4.69) is 4.90 Å². The minimum atomic E-state index is 0.634. The number of ether oxygens (including phenoxy) is 2. The van der Waals surface area contributed by atoms with Crippen LogP contribution in [0, 0.1) is 0 Å². The number of halogens is 1. The van der Waals surface area contributed by atoms with Gasteiger partial charge in [-0.3, -0.25) is 0 Å². The molecule has 0 radical (unpaired) electrons. The molecule has 4 heteroatoms. The van der Waals surface area contributed by atoms with Crippen molar-refractivity contribution in [2.24, 2.45) is 0 Å². The van der Waals surface area contributed by atoms with Gasteiger partial charge in [-0.2, -0.15) is 0 Å². The van der Waals surface area contributed by atoms with Crippen LogP contribution in [0.2, 0.25) is 0 Å². The van der Waals surface area contributed by atoms with Gasteiger partial charge in [-0.25, -0.2) is 0 Å². The lowest BCUT2D eigenvalue weighted by atomic mass is 10.2. The zero-order valence-electron chi connectivity index (χ0n) is 10.00. The maximum Gasteiger partial charge on any atom is 0.127 e. The number of benzene rings is 1. The Morgan fingerprint density at radius 2 is 2.00 bits per heavy atom. The summed E-state index contributed by atoms with van der Waals surface area (Å²) in [5.74, 6) is 2.29. The summed E-state index contributed by atoms with van der Waals surface area (Å²) in [7, 11) is 5.35. The molecule has 1 aromatic rings. The van der Waals surface area contributed by atoms with Crippen LogP contribution in [0.25, 0.3) is 0 Å². The SMILES string of the molecule is COc1ccc(CN(C)CCCl)c(OC)c1. The van der Waals surface area contributed by atoms with Gasteiger partial charge in [0.15, 0.2) is 0 Å². The van der Waals surface area contributed by atoms with E-state index in [1.165, 1.54) is 0 Å². The molecule has 0 fully saturated rings. The fraction of sp³-hybridized carbons (Fsp3) is 0.500. The minimum absolute atomic E-state index is 0.634. The number of hydrogen-bond donors (Lipinski definition) is 0. The first kappa shape index (κ1) is 13.1. The number of hydrogen-bond acceptors (Lipinski definition) is 3. The first-order valence-electron chi connectivity index (χ1n) is 5.16. The molecule has 0 saturated heterocycles. The molecule has 1 aromatic carbocycles. The molecule has 0 saturated carbocycles. The Kier molecular flexibility index (Phi) is 5.43. The first-order chi connectivity index (χ1) is 7.71. The molecule has 1 rings (SSSR count). The Hall–Kier alpha value is -0.930. The summed E-state index contributed by atoms with van der Waals surface area (Å²) >= 11 is 5.69. The second-order valence-electron chi connectivity index (χ2n) is 3.60. The topological polar surface area (TPSA) is 21.7 Å². The molecular formula is C12H18ClNO2. The van der Waals surface area contributed by atoms with Crippen molar-refractivity contribution in [1.29, 1.82) is 0 Å². The van der Waals surface area contributed by atoms with Crippen LogP contribution in [0.1, 0.15) is 5.56 Å². The van der Waals surface area contributed by atoms with E-state index < -0.39 is 0 Å². The van der Waals surface area contributed by atoms with E-state index in [1.807, 2.05) is 25.2 Å². The lowest BCUT2D eigenvalue weighted by Gasteiger charge is -2.17. The summed E-state index contributed by atoms with van der Waals surface area (Å²) in [6, 6.07) is 5.85. The Labute approximate surface area is 102 Å². The maximum atomic E-state index is 5.69. The third-order valence-electron chi connectivity index (χ3n) is 2.40. The van der Waals surface area contributed by atoms with Crippen molar-refractivity contribution in [3.8, 4) is 11.5 Å². The van der Waals surface area contributed by atoms with Crippen LogP contribution in [0.3, 0.4) is 0 Å². The van der Waals surface area contributed by atoms with Crippen molar-refractivity contribution in [3.05, 3.63) is 23.8 Å². The van der Waals surface area contributed by atoms with Gasteiger partial charge in [0, 0.05) is 30.6 Å². The van der Waals surface area contributed by atoms with Crippen molar-refractivity contribution in [2.45, 2.75) is 6.54 Å². The van der Waals surface area contributed by atoms with Gasteiger partial charge in [0.05, 0.1) is 14.2 Å². The molecule has 0 bridgehead atoms. The largest absolute Gasteiger partial charge is 0.497 e. The van der Waals surface area contributed by atoms with Gasteiger partial charge < -0.3 is 14.4 Å². The highest BCUT2D eigenvalue weighted by Crippen LogP contribution is 2.25. The standard InChI is InChI=1S/C12H18ClNO2/c1-14(7-6-13)9-10-4-5-11(15-2)8-12(10)16-3/h4-5,8H,6-7,9H2,1-3H3. The van der Waals surface area contributed by atoms with E-state index in [9.17, 15) is 0 Å². The summed E-state index contributed by atoms with van der Waals surface area (Å²) in [6.07, 6.45) is 0. The summed E-state index contributed by atoms with van der Waals surface area (Å²) in [5, 5.41) is 0. The lowest BCUT2D eigenvalue weighted by molar-refractivity contribution is 0.333. The summed E-state index contributed by atoms with van der Waals surface area (Å²) in [4.78, 5) is 2.15. The normalized spacial score (nSPS) is 10.6. The summed E-state index contributed by atoms with van der Waals surface area (Å²) in [5.41, 5.74) is 1.14. The molecule has 16 heavy (non-hydrogen) atoms. The molecule has 0 heterocycles. The van der Waals surface area contributed by atoms with Crippen molar-refractivity contribution in [2.75, 3.05) is 33.7 Å². The van der Waals surface area contributed by atoms with Crippen molar-refractivity contribution in [1.82, 2.24) is 4.90 Å². The van der Waals surface area contributed by atoms with Crippen LogP contribution in [-0.2, 0) is 6.54 Å². The van der Waals surface area contributed by atoms with Crippen LogP contribution < -0.4 is 9.47 Å². The highest BCUT2D eigenvalue weighted by Gasteiger charge is 2.07. The zero-order valence-corrected chi connectivity index (χ0v) is 10.8. The highest BCUT2D eigenvalue weighted by atomic mass is 35.5. The van der Waals surface area contributed by atoms with Gasteiger partial charge >= 0.3 is 0 Å². The van der Waals surface area contributed by atoms with Crippen molar-refractivity contribution in [3.63, 3.8) is 0 Å². The number of alkyl halides is 1. The van der Waals surface area contributed by atoms with E-state index in [4.69, 9.17) is 21.1 Å². The van der Waals surface area contributed by atoms with Gasteiger partial charge in [0.1, 0.15) is 11.5 Å². The van der Waals surface area contributed by atoms with E-state index in [0.717, 1.165) is 30.2 Å². The molecule has 90 valence electrons. The van der Waals surface area contributed by atoms with E-state index in [1.54, 1.807) is 14.2 Å². The van der Waals surface area contributed by atoms with Gasteiger partial charge in [0.25, 0.3) is 0 Å². The van der Waals surface area contributed by atoms with Crippen LogP contribution in [-0.4, -0.2) is 38.6 Å². The first-order valence-corrected chi connectivity index (χ1v) is 5.70. The van der Waals surface area contributed by atoms with E-state index in [0.29, 0.717) is 5.88 Å². The van der Waals surface area contributed by atoms with Crippen molar-refractivity contribution >= 4 is 11.6 Å². The van der Waals surface area contributed by atoms with Crippen LogP contribution >= 0.6 is 11.6 Å². The van der Waals surface area contributed by atoms with Crippen LogP contribution in [0.15, 0.2) is 18.2 Å². The third-order valence-corrected chi connectivity index (χ3v) is 2.57. The molecule has 0 unspecified atom stereocenters.